The Bertz CT molecular complexity index is 598. The number of furan rings is 1. The minimum atomic E-state index is -1.04. The van der Waals surface area contributed by atoms with Gasteiger partial charge in [-0.25, -0.2) is 0 Å². The highest BCUT2D eigenvalue weighted by Gasteiger charge is 2.18. The molecule has 0 saturated heterocycles. The van der Waals surface area contributed by atoms with Gasteiger partial charge in [0.25, 0.3) is 0 Å². The molecule has 0 bridgehead atoms. The molecule has 0 aromatic carbocycles. The Balaban J connectivity index is 2.77. The van der Waals surface area contributed by atoms with Crippen LogP contribution in [0.2, 0.25) is 0 Å². The van der Waals surface area contributed by atoms with Crippen molar-refractivity contribution in [2.75, 3.05) is 25.0 Å². The van der Waals surface area contributed by atoms with Crippen molar-refractivity contribution in [3.63, 3.8) is 0 Å². The lowest BCUT2D eigenvalue weighted by Crippen LogP contribution is -2.37. The van der Waals surface area contributed by atoms with Gasteiger partial charge in [-0.2, -0.15) is 5.26 Å². The Morgan fingerprint density at radius 3 is 2.67 bits per heavy atom. The number of anilines is 1. The van der Waals surface area contributed by atoms with Crippen LogP contribution < -0.4 is 5.32 Å². The van der Waals surface area contributed by atoms with Crippen LogP contribution >= 0.6 is 0 Å². The van der Waals surface area contributed by atoms with E-state index in [0.29, 0.717) is 11.3 Å². The van der Waals surface area contributed by atoms with E-state index in [1.165, 1.54) is 11.0 Å². The van der Waals surface area contributed by atoms with Gasteiger partial charge in [0.1, 0.15) is 17.4 Å². The minimum absolute atomic E-state index is 0.0892. The third-order valence-electron chi connectivity index (χ3n) is 2.86. The second-order valence-electron chi connectivity index (χ2n) is 4.50. The van der Waals surface area contributed by atoms with E-state index in [4.69, 9.17) is 14.8 Å². The molecule has 1 rings (SSSR count). The zero-order chi connectivity index (χ0) is 16.0. The van der Waals surface area contributed by atoms with E-state index >= 15 is 0 Å². The predicted octanol–water partition coefficient (Wildman–Crippen LogP) is 1.28. The van der Waals surface area contributed by atoms with Crippen molar-refractivity contribution in [2.24, 2.45) is 0 Å². The highest BCUT2D eigenvalue weighted by atomic mass is 16.4. The molecule has 0 aliphatic rings. The number of rotatable bonds is 7. The standard InChI is InChI=1S/C14H17N3O4/c1-4-5-17(8-13(19)20)7-12(18)16-14-11(6-15)9(2)10(3)21-14/h4H,1,5,7-8H2,2-3H3,(H,16,18)(H,19,20). The summed E-state index contributed by atoms with van der Waals surface area (Å²) in [7, 11) is 0. The van der Waals surface area contributed by atoms with E-state index in [1.807, 2.05) is 6.07 Å². The Labute approximate surface area is 122 Å². The summed E-state index contributed by atoms with van der Waals surface area (Å²) in [4.78, 5) is 24.0. The third kappa shape index (κ3) is 4.47. The quantitative estimate of drug-likeness (QED) is 0.733. The Morgan fingerprint density at radius 2 is 2.14 bits per heavy atom. The van der Waals surface area contributed by atoms with Crippen LogP contribution in [0.25, 0.3) is 0 Å². The highest BCUT2D eigenvalue weighted by Crippen LogP contribution is 2.25. The number of nitriles is 1. The first-order chi connectivity index (χ1) is 9.88. The van der Waals surface area contributed by atoms with Crippen molar-refractivity contribution >= 4 is 17.8 Å². The normalized spacial score (nSPS) is 10.2. The molecule has 1 aromatic heterocycles. The van der Waals surface area contributed by atoms with E-state index in [2.05, 4.69) is 11.9 Å². The smallest absolute Gasteiger partial charge is 0.317 e. The number of hydrogen-bond acceptors (Lipinski definition) is 5. The summed E-state index contributed by atoms with van der Waals surface area (Å²) in [6, 6.07) is 1.97. The number of amides is 1. The molecule has 7 heteroatoms. The van der Waals surface area contributed by atoms with Gasteiger partial charge in [0, 0.05) is 12.1 Å². The predicted molar refractivity (Wildman–Crippen MR) is 75.8 cm³/mol. The molecule has 0 radical (unpaired) electrons. The van der Waals surface area contributed by atoms with E-state index < -0.39 is 11.9 Å². The van der Waals surface area contributed by atoms with Gasteiger partial charge in [0.15, 0.2) is 0 Å². The molecule has 7 nitrogen and oxygen atoms in total. The lowest BCUT2D eigenvalue weighted by atomic mass is 10.2. The number of carboxylic acid groups (broad SMARTS) is 1. The average Bonchev–Trinajstić information content (AvgIpc) is 2.63. The van der Waals surface area contributed by atoms with Gasteiger partial charge in [-0.05, 0) is 13.8 Å². The number of aliphatic carboxylic acids is 1. The Morgan fingerprint density at radius 1 is 1.48 bits per heavy atom. The maximum absolute atomic E-state index is 11.9. The topological polar surface area (TPSA) is 107 Å². The van der Waals surface area contributed by atoms with Crippen LogP contribution in [-0.2, 0) is 9.59 Å². The van der Waals surface area contributed by atoms with Crippen molar-refractivity contribution in [3.05, 3.63) is 29.5 Å². The molecule has 0 spiro atoms. The van der Waals surface area contributed by atoms with Crippen molar-refractivity contribution in [1.82, 2.24) is 4.90 Å². The maximum atomic E-state index is 11.9. The van der Waals surface area contributed by atoms with Crippen LogP contribution in [0.4, 0.5) is 5.88 Å². The van der Waals surface area contributed by atoms with E-state index in [1.54, 1.807) is 13.8 Å². The van der Waals surface area contributed by atoms with Crippen molar-refractivity contribution in [3.8, 4) is 6.07 Å². The monoisotopic (exact) mass is 291 g/mol. The Kier molecular flexibility index (Phi) is 5.69. The number of aryl methyl sites for hydroxylation is 1. The summed E-state index contributed by atoms with van der Waals surface area (Å²) >= 11 is 0. The number of hydrogen-bond donors (Lipinski definition) is 2. The molecule has 1 amide bonds. The molecule has 112 valence electrons. The summed E-state index contributed by atoms with van der Waals surface area (Å²) in [6.45, 7) is 6.78. The van der Waals surface area contributed by atoms with Gasteiger partial charge >= 0.3 is 5.97 Å². The largest absolute Gasteiger partial charge is 0.480 e. The molecule has 0 atom stereocenters. The van der Waals surface area contributed by atoms with E-state index in [9.17, 15) is 9.59 Å². The van der Waals surface area contributed by atoms with Crippen LogP contribution in [0.3, 0.4) is 0 Å². The van der Waals surface area contributed by atoms with Gasteiger partial charge in [0.2, 0.25) is 11.8 Å². The van der Waals surface area contributed by atoms with E-state index in [-0.39, 0.29) is 31.1 Å². The zero-order valence-corrected chi connectivity index (χ0v) is 12.0. The fourth-order valence-corrected chi connectivity index (χ4v) is 1.78. The summed E-state index contributed by atoms with van der Waals surface area (Å²) in [5.41, 5.74) is 0.940. The summed E-state index contributed by atoms with van der Waals surface area (Å²) in [6.07, 6.45) is 1.51. The lowest BCUT2D eigenvalue weighted by molar-refractivity contribution is -0.138. The van der Waals surface area contributed by atoms with Crippen LogP contribution in [0, 0.1) is 25.2 Å². The first-order valence-corrected chi connectivity index (χ1v) is 6.24. The van der Waals surface area contributed by atoms with Crippen LogP contribution in [-0.4, -0.2) is 41.5 Å². The first-order valence-electron chi connectivity index (χ1n) is 6.24. The highest BCUT2D eigenvalue weighted by molar-refractivity contribution is 5.92. The number of nitrogens with one attached hydrogen (secondary N) is 1. The molecule has 21 heavy (non-hydrogen) atoms. The van der Waals surface area contributed by atoms with Gasteiger partial charge in [-0.1, -0.05) is 6.08 Å². The van der Waals surface area contributed by atoms with E-state index in [0.717, 1.165) is 0 Å². The third-order valence-corrected chi connectivity index (χ3v) is 2.86. The number of carbonyl (C=O) groups excluding carboxylic acids is 1. The van der Waals surface area contributed by atoms with Crippen molar-refractivity contribution in [2.45, 2.75) is 13.8 Å². The summed E-state index contributed by atoms with van der Waals surface area (Å²) < 4.78 is 5.32. The van der Waals surface area contributed by atoms with Gasteiger partial charge in [0.05, 0.1) is 13.1 Å². The summed E-state index contributed by atoms with van der Waals surface area (Å²) in [5.74, 6) is -0.850. The molecular formula is C14H17N3O4. The summed E-state index contributed by atoms with van der Waals surface area (Å²) in [5, 5.41) is 20.3. The second-order valence-corrected chi connectivity index (χ2v) is 4.50. The lowest BCUT2D eigenvalue weighted by Gasteiger charge is -2.17. The SMILES string of the molecule is C=CCN(CC(=O)O)CC(=O)Nc1oc(C)c(C)c1C#N. The fourth-order valence-electron chi connectivity index (χ4n) is 1.78. The number of carbonyl (C=O) groups is 2. The minimum Gasteiger partial charge on any atom is -0.480 e. The molecule has 0 aliphatic heterocycles. The molecule has 2 N–H and O–H groups in total. The molecule has 0 fully saturated rings. The van der Waals surface area contributed by atoms with Crippen LogP contribution in [0.1, 0.15) is 16.9 Å². The van der Waals surface area contributed by atoms with Crippen molar-refractivity contribution < 1.29 is 19.1 Å². The fraction of sp³-hybridized carbons (Fsp3) is 0.357. The second kappa shape index (κ2) is 7.26. The average molecular weight is 291 g/mol. The first kappa shape index (κ1) is 16.5. The van der Waals surface area contributed by atoms with Crippen molar-refractivity contribution in [1.29, 1.82) is 5.26 Å². The zero-order valence-electron chi connectivity index (χ0n) is 12.0. The van der Waals surface area contributed by atoms with Crippen LogP contribution in [0.15, 0.2) is 17.1 Å². The van der Waals surface area contributed by atoms with Gasteiger partial charge in [-0.15, -0.1) is 6.58 Å². The Hall–Kier alpha value is -2.59. The number of carboxylic acids is 1. The maximum Gasteiger partial charge on any atom is 0.317 e. The number of nitrogens with zero attached hydrogens (tertiary/aromatic N) is 2. The molecule has 0 unspecified atom stereocenters. The molecule has 0 aliphatic carbocycles. The molecule has 0 saturated carbocycles. The van der Waals surface area contributed by atoms with Gasteiger partial charge < -0.3 is 9.52 Å². The molecular weight excluding hydrogens is 274 g/mol. The molecule has 1 heterocycles. The molecule has 1 aromatic rings. The van der Waals surface area contributed by atoms with Gasteiger partial charge in [-0.3, -0.25) is 19.8 Å². The van der Waals surface area contributed by atoms with Crippen LogP contribution in [0.5, 0.6) is 0 Å².